The lowest BCUT2D eigenvalue weighted by molar-refractivity contribution is 0.451. The van der Waals surface area contributed by atoms with Crippen molar-refractivity contribution in [3.8, 4) is 0 Å². The van der Waals surface area contributed by atoms with E-state index in [9.17, 15) is 8.78 Å². The fourth-order valence-corrected chi connectivity index (χ4v) is 2.63. The van der Waals surface area contributed by atoms with Crippen LogP contribution in [0.3, 0.4) is 0 Å². The highest BCUT2D eigenvalue weighted by molar-refractivity contribution is 9.10. The van der Waals surface area contributed by atoms with Gasteiger partial charge in [0.2, 0.25) is 0 Å². The number of hydrogen-bond donors (Lipinski definition) is 1. The zero-order chi connectivity index (χ0) is 10.8. The van der Waals surface area contributed by atoms with Gasteiger partial charge in [-0.1, -0.05) is 6.07 Å². The topological polar surface area (TPSA) is 12.0 Å². The minimum absolute atomic E-state index is 0.286. The van der Waals surface area contributed by atoms with E-state index in [1.165, 1.54) is 6.07 Å². The fourth-order valence-electron chi connectivity index (χ4n) is 1.99. The highest BCUT2D eigenvalue weighted by Gasteiger charge is 2.20. The van der Waals surface area contributed by atoms with Gasteiger partial charge in [0.15, 0.2) is 11.6 Å². The number of nitrogens with one attached hydrogen (secondary N) is 1. The molecule has 0 aromatic heterocycles. The van der Waals surface area contributed by atoms with E-state index in [4.69, 9.17) is 0 Å². The van der Waals surface area contributed by atoms with Gasteiger partial charge in [-0.25, -0.2) is 8.78 Å². The van der Waals surface area contributed by atoms with Crippen LogP contribution < -0.4 is 5.32 Å². The van der Waals surface area contributed by atoms with Crippen molar-refractivity contribution in [1.82, 2.24) is 5.32 Å². The Kier molecular flexibility index (Phi) is 3.36. The Bertz CT molecular complexity index is 362. The lowest BCUT2D eigenvalue weighted by Crippen LogP contribution is -2.26. The van der Waals surface area contributed by atoms with Gasteiger partial charge in [0.05, 0.1) is 4.47 Å². The molecule has 1 aromatic rings. The molecule has 0 bridgehead atoms. The van der Waals surface area contributed by atoms with E-state index in [0.29, 0.717) is 5.92 Å². The zero-order valence-corrected chi connectivity index (χ0v) is 9.78. The zero-order valence-electron chi connectivity index (χ0n) is 8.19. The summed E-state index contributed by atoms with van der Waals surface area (Å²) in [4.78, 5) is 0. The maximum Gasteiger partial charge on any atom is 0.173 e. The molecular formula is C11H12BrF2N. The van der Waals surface area contributed by atoms with E-state index in [2.05, 4.69) is 21.2 Å². The normalized spacial score (nSPS) is 18.1. The summed E-state index contributed by atoms with van der Waals surface area (Å²) in [6, 6.07) is 2.88. The van der Waals surface area contributed by atoms with Gasteiger partial charge in [0, 0.05) is 0 Å². The average molecular weight is 276 g/mol. The van der Waals surface area contributed by atoms with Gasteiger partial charge in [-0.05, 0) is 59.4 Å². The van der Waals surface area contributed by atoms with Gasteiger partial charge in [-0.15, -0.1) is 0 Å². The standard InChI is InChI=1S/C11H12BrF2N/c12-10-8(1-2-9(13)11(10)14)7-3-5-15-6-4-7/h1-2,7,15H,3-6H2. The number of benzene rings is 1. The Hall–Kier alpha value is -0.480. The van der Waals surface area contributed by atoms with E-state index in [1.54, 1.807) is 6.07 Å². The molecule has 1 aromatic carbocycles. The summed E-state index contributed by atoms with van der Waals surface area (Å²) < 4.78 is 26.5. The van der Waals surface area contributed by atoms with Crippen LogP contribution in [-0.4, -0.2) is 13.1 Å². The molecule has 0 radical (unpaired) electrons. The molecule has 1 nitrogen and oxygen atoms in total. The number of halogens is 3. The van der Waals surface area contributed by atoms with Gasteiger partial charge in [0.1, 0.15) is 0 Å². The molecule has 2 rings (SSSR count). The Morgan fingerprint density at radius 1 is 1.20 bits per heavy atom. The lowest BCUT2D eigenvalue weighted by atomic mass is 9.90. The molecule has 0 saturated carbocycles. The number of piperidine rings is 1. The van der Waals surface area contributed by atoms with Gasteiger partial charge >= 0.3 is 0 Å². The average Bonchev–Trinajstić information content (AvgIpc) is 2.27. The largest absolute Gasteiger partial charge is 0.317 e. The second-order valence-corrected chi connectivity index (χ2v) is 4.58. The Balaban J connectivity index is 2.31. The van der Waals surface area contributed by atoms with Crippen LogP contribution in [0.5, 0.6) is 0 Å². The quantitative estimate of drug-likeness (QED) is 0.777. The van der Waals surface area contributed by atoms with Crippen LogP contribution >= 0.6 is 15.9 Å². The van der Waals surface area contributed by atoms with Crippen LogP contribution in [0.4, 0.5) is 8.78 Å². The van der Waals surface area contributed by atoms with E-state index in [0.717, 1.165) is 31.5 Å². The van der Waals surface area contributed by atoms with Crippen molar-refractivity contribution < 1.29 is 8.78 Å². The maximum atomic E-state index is 13.3. The molecule has 0 unspecified atom stereocenters. The SMILES string of the molecule is Fc1ccc(C2CCNCC2)c(Br)c1F. The summed E-state index contributed by atoms with van der Waals surface area (Å²) >= 11 is 3.13. The van der Waals surface area contributed by atoms with Crippen molar-refractivity contribution in [2.24, 2.45) is 0 Å². The third-order valence-electron chi connectivity index (χ3n) is 2.84. The van der Waals surface area contributed by atoms with Crippen LogP contribution in [0.1, 0.15) is 24.3 Å². The smallest absolute Gasteiger partial charge is 0.173 e. The predicted molar refractivity (Wildman–Crippen MR) is 58.9 cm³/mol. The van der Waals surface area contributed by atoms with Gasteiger partial charge in [0.25, 0.3) is 0 Å². The molecule has 1 aliphatic heterocycles. The van der Waals surface area contributed by atoms with E-state index >= 15 is 0 Å². The van der Waals surface area contributed by atoms with Crippen molar-refractivity contribution in [2.45, 2.75) is 18.8 Å². The van der Waals surface area contributed by atoms with Crippen molar-refractivity contribution in [3.05, 3.63) is 33.8 Å². The van der Waals surface area contributed by atoms with Crippen LogP contribution in [-0.2, 0) is 0 Å². The minimum Gasteiger partial charge on any atom is -0.317 e. The second kappa shape index (κ2) is 4.58. The van der Waals surface area contributed by atoms with Gasteiger partial charge in [-0.2, -0.15) is 0 Å². The van der Waals surface area contributed by atoms with Crippen LogP contribution in [0.15, 0.2) is 16.6 Å². The van der Waals surface area contributed by atoms with Gasteiger partial charge in [-0.3, -0.25) is 0 Å². The molecule has 1 fully saturated rings. The summed E-state index contributed by atoms with van der Waals surface area (Å²) in [6.45, 7) is 1.88. The van der Waals surface area contributed by atoms with E-state index < -0.39 is 11.6 Å². The Morgan fingerprint density at radius 2 is 1.87 bits per heavy atom. The molecule has 0 aliphatic carbocycles. The highest BCUT2D eigenvalue weighted by atomic mass is 79.9. The van der Waals surface area contributed by atoms with Crippen LogP contribution in [0, 0.1) is 11.6 Å². The molecule has 4 heteroatoms. The summed E-state index contributed by atoms with van der Waals surface area (Å²) in [6.07, 6.45) is 1.95. The van der Waals surface area contributed by atoms with Crippen molar-refractivity contribution >= 4 is 15.9 Å². The van der Waals surface area contributed by atoms with Crippen LogP contribution in [0.25, 0.3) is 0 Å². The molecule has 1 N–H and O–H groups in total. The first-order valence-electron chi connectivity index (χ1n) is 5.04. The Labute approximate surface area is 96.0 Å². The maximum absolute atomic E-state index is 13.3. The van der Waals surface area contributed by atoms with Gasteiger partial charge < -0.3 is 5.32 Å². The molecule has 15 heavy (non-hydrogen) atoms. The minimum atomic E-state index is -0.792. The fraction of sp³-hybridized carbons (Fsp3) is 0.455. The van der Waals surface area contributed by atoms with E-state index in [1.807, 2.05) is 0 Å². The van der Waals surface area contributed by atoms with Crippen molar-refractivity contribution in [2.75, 3.05) is 13.1 Å². The number of rotatable bonds is 1. The lowest BCUT2D eigenvalue weighted by Gasteiger charge is -2.24. The number of hydrogen-bond acceptors (Lipinski definition) is 1. The molecule has 0 atom stereocenters. The molecule has 1 aliphatic rings. The summed E-state index contributed by atoms with van der Waals surface area (Å²) in [7, 11) is 0. The summed E-state index contributed by atoms with van der Waals surface area (Å²) in [5.41, 5.74) is 0.885. The van der Waals surface area contributed by atoms with Crippen molar-refractivity contribution in [3.63, 3.8) is 0 Å². The Morgan fingerprint density at radius 3 is 2.53 bits per heavy atom. The first kappa shape index (κ1) is 11.0. The second-order valence-electron chi connectivity index (χ2n) is 3.79. The highest BCUT2D eigenvalue weighted by Crippen LogP contribution is 2.33. The first-order valence-corrected chi connectivity index (χ1v) is 5.83. The third kappa shape index (κ3) is 2.21. The summed E-state index contributed by atoms with van der Waals surface area (Å²) in [5.74, 6) is -1.23. The van der Waals surface area contributed by atoms with Crippen molar-refractivity contribution in [1.29, 1.82) is 0 Å². The molecule has 1 saturated heterocycles. The van der Waals surface area contributed by atoms with E-state index in [-0.39, 0.29) is 4.47 Å². The molecule has 82 valence electrons. The first-order chi connectivity index (χ1) is 7.20. The van der Waals surface area contributed by atoms with Crippen LogP contribution in [0.2, 0.25) is 0 Å². The monoisotopic (exact) mass is 275 g/mol. The third-order valence-corrected chi connectivity index (χ3v) is 3.65. The molecule has 1 heterocycles. The molecule has 0 amide bonds. The summed E-state index contributed by atoms with van der Waals surface area (Å²) in [5, 5.41) is 3.25. The molecular weight excluding hydrogens is 264 g/mol. The predicted octanol–water partition coefficient (Wildman–Crippen LogP) is 3.19. The molecule has 0 spiro atoms.